The molecule has 22 heavy (non-hydrogen) atoms. The second kappa shape index (κ2) is 8.95. The van der Waals surface area contributed by atoms with Crippen molar-refractivity contribution in [2.24, 2.45) is 5.92 Å². The Morgan fingerprint density at radius 2 is 1.86 bits per heavy atom. The van der Waals surface area contributed by atoms with E-state index in [9.17, 15) is 5.11 Å². The van der Waals surface area contributed by atoms with E-state index in [1.807, 2.05) is 6.07 Å². The van der Waals surface area contributed by atoms with Gasteiger partial charge in [-0.25, -0.2) is 0 Å². The lowest BCUT2D eigenvalue weighted by molar-refractivity contribution is 0.0819. The van der Waals surface area contributed by atoms with E-state index in [2.05, 4.69) is 26.1 Å². The van der Waals surface area contributed by atoms with Gasteiger partial charge in [0.05, 0.1) is 4.47 Å². The predicted octanol–water partition coefficient (Wildman–Crippen LogP) is 4.40. The molecule has 1 atom stereocenters. The Morgan fingerprint density at radius 1 is 1.23 bits per heavy atom. The fraction of sp³-hybridized carbons (Fsp3) is 0.600. The summed E-state index contributed by atoms with van der Waals surface area (Å²) in [6, 6.07) is 3.99. The molecule has 1 saturated carbocycles. The van der Waals surface area contributed by atoms with Gasteiger partial charge in [-0.15, -0.1) is 24.8 Å². The number of phenols is 1. The smallest absolute Gasteiger partial charge is 0.134 e. The maximum atomic E-state index is 10.4. The van der Waals surface area contributed by atoms with Gasteiger partial charge < -0.3 is 10.4 Å². The van der Waals surface area contributed by atoms with Crippen molar-refractivity contribution in [2.45, 2.75) is 25.3 Å². The maximum Gasteiger partial charge on any atom is 0.134 e. The number of halogens is 4. The summed E-state index contributed by atoms with van der Waals surface area (Å²) in [7, 11) is 0. The Hall–Kier alpha value is 0.290. The number of hydrogen-bond donors (Lipinski definition) is 2. The standard InChI is InChI=1S/C15H20BrClN2O.2ClH/c16-13-9-11(17)8-12(15(13)20)14(10-2-1-3-10)19-6-4-18-5-7-19;;/h8-10,14,18,20H,1-7H2;2*1H/t14-;;/m0../s1. The van der Waals surface area contributed by atoms with Crippen molar-refractivity contribution in [3.05, 3.63) is 27.2 Å². The third-order valence-corrected chi connectivity index (χ3v) is 5.34. The molecule has 3 nitrogen and oxygen atoms in total. The molecule has 2 N–H and O–H groups in total. The van der Waals surface area contributed by atoms with Crippen molar-refractivity contribution in [3.63, 3.8) is 0 Å². The zero-order chi connectivity index (χ0) is 14.1. The third-order valence-electron chi connectivity index (χ3n) is 4.52. The van der Waals surface area contributed by atoms with Crippen LogP contribution < -0.4 is 5.32 Å². The normalized spacial score (nSPS) is 20.5. The van der Waals surface area contributed by atoms with Gasteiger partial charge in [0.1, 0.15) is 5.75 Å². The SMILES string of the molecule is Cl.Cl.Oc1c(Br)cc(Cl)cc1[C@H](C1CCC1)N1CCNCC1. The molecule has 0 unspecified atom stereocenters. The van der Waals surface area contributed by atoms with Gasteiger partial charge in [0, 0.05) is 42.8 Å². The zero-order valence-electron chi connectivity index (χ0n) is 12.2. The largest absolute Gasteiger partial charge is 0.506 e. The van der Waals surface area contributed by atoms with Gasteiger partial charge >= 0.3 is 0 Å². The quantitative estimate of drug-likeness (QED) is 0.743. The summed E-state index contributed by atoms with van der Waals surface area (Å²) < 4.78 is 0.694. The first-order valence-electron chi connectivity index (χ1n) is 7.29. The van der Waals surface area contributed by atoms with Gasteiger partial charge in [-0.2, -0.15) is 0 Å². The zero-order valence-corrected chi connectivity index (χ0v) is 16.2. The number of hydrogen-bond acceptors (Lipinski definition) is 3. The number of benzene rings is 1. The van der Waals surface area contributed by atoms with Gasteiger partial charge in [-0.1, -0.05) is 18.0 Å². The minimum atomic E-state index is 0. The summed E-state index contributed by atoms with van der Waals surface area (Å²) in [6.45, 7) is 4.10. The van der Waals surface area contributed by atoms with Gasteiger partial charge in [0.2, 0.25) is 0 Å². The second-order valence-electron chi connectivity index (χ2n) is 5.75. The summed E-state index contributed by atoms with van der Waals surface area (Å²) in [6.07, 6.45) is 3.80. The van der Waals surface area contributed by atoms with Crippen molar-refractivity contribution in [1.29, 1.82) is 0 Å². The molecule has 1 heterocycles. The fourth-order valence-electron chi connectivity index (χ4n) is 3.28. The third kappa shape index (κ3) is 4.22. The van der Waals surface area contributed by atoms with Crippen LogP contribution in [0.5, 0.6) is 5.75 Å². The van der Waals surface area contributed by atoms with E-state index in [0.29, 0.717) is 27.2 Å². The number of rotatable bonds is 3. The van der Waals surface area contributed by atoms with E-state index in [1.54, 1.807) is 6.07 Å². The van der Waals surface area contributed by atoms with Crippen LogP contribution in [0.1, 0.15) is 30.9 Å². The van der Waals surface area contributed by atoms with Gasteiger partial charge in [0.25, 0.3) is 0 Å². The average Bonchev–Trinajstić information content (AvgIpc) is 2.39. The molecule has 126 valence electrons. The Balaban J connectivity index is 0.00000121. The molecule has 1 aromatic rings. The van der Waals surface area contributed by atoms with Crippen LogP contribution in [0.4, 0.5) is 0 Å². The number of piperazine rings is 1. The van der Waals surface area contributed by atoms with Crippen LogP contribution in [0.3, 0.4) is 0 Å². The highest BCUT2D eigenvalue weighted by Gasteiger charge is 2.35. The van der Waals surface area contributed by atoms with Crippen molar-refractivity contribution < 1.29 is 5.11 Å². The highest BCUT2D eigenvalue weighted by atomic mass is 79.9. The van der Waals surface area contributed by atoms with Crippen LogP contribution >= 0.6 is 52.3 Å². The van der Waals surface area contributed by atoms with Crippen LogP contribution in [0.25, 0.3) is 0 Å². The van der Waals surface area contributed by atoms with E-state index in [4.69, 9.17) is 11.6 Å². The Kier molecular flexibility index (Phi) is 8.27. The molecule has 0 spiro atoms. The minimum Gasteiger partial charge on any atom is -0.506 e. The molecule has 1 aromatic carbocycles. The van der Waals surface area contributed by atoms with E-state index >= 15 is 0 Å². The molecular formula is C15H22BrCl3N2O. The Labute approximate surface area is 157 Å². The molecule has 0 radical (unpaired) electrons. The van der Waals surface area contributed by atoms with E-state index in [-0.39, 0.29) is 24.8 Å². The lowest BCUT2D eigenvalue weighted by Crippen LogP contribution is -2.47. The van der Waals surface area contributed by atoms with Gasteiger partial charge in [-0.05, 0) is 46.8 Å². The summed E-state index contributed by atoms with van der Waals surface area (Å²) in [4.78, 5) is 2.50. The van der Waals surface area contributed by atoms with E-state index in [0.717, 1.165) is 31.7 Å². The molecule has 0 amide bonds. The van der Waals surface area contributed by atoms with E-state index in [1.165, 1.54) is 19.3 Å². The molecule has 0 aromatic heterocycles. The van der Waals surface area contributed by atoms with Crippen LogP contribution in [0.15, 0.2) is 16.6 Å². The summed E-state index contributed by atoms with van der Waals surface area (Å²) in [5.74, 6) is 0.995. The van der Waals surface area contributed by atoms with Crippen LogP contribution in [-0.2, 0) is 0 Å². The van der Waals surface area contributed by atoms with Gasteiger partial charge in [0.15, 0.2) is 0 Å². The fourth-order valence-corrected chi connectivity index (χ4v) is 4.11. The van der Waals surface area contributed by atoms with Crippen molar-refractivity contribution in [3.8, 4) is 5.75 Å². The molecule has 1 aliphatic carbocycles. The first-order valence-corrected chi connectivity index (χ1v) is 8.46. The molecule has 2 fully saturated rings. The lowest BCUT2D eigenvalue weighted by atomic mass is 9.76. The van der Waals surface area contributed by atoms with Crippen LogP contribution in [-0.4, -0.2) is 36.2 Å². The topological polar surface area (TPSA) is 35.5 Å². The first kappa shape index (κ1) is 20.3. The molecule has 0 bridgehead atoms. The predicted molar refractivity (Wildman–Crippen MR) is 99.8 cm³/mol. The monoisotopic (exact) mass is 430 g/mol. The van der Waals surface area contributed by atoms with Crippen molar-refractivity contribution in [1.82, 2.24) is 10.2 Å². The highest BCUT2D eigenvalue weighted by molar-refractivity contribution is 9.10. The Bertz CT molecular complexity index is 494. The Morgan fingerprint density at radius 3 is 2.41 bits per heavy atom. The number of nitrogens with one attached hydrogen (secondary N) is 1. The molecule has 3 rings (SSSR count). The maximum absolute atomic E-state index is 10.4. The summed E-state index contributed by atoms with van der Waals surface area (Å²) >= 11 is 9.61. The van der Waals surface area contributed by atoms with Crippen LogP contribution in [0, 0.1) is 5.92 Å². The molecule has 1 saturated heterocycles. The minimum absolute atomic E-state index is 0. The summed E-state index contributed by atoms with van der Waals surface area (Å²) in [5.41, 5.74) is 0.982. The average molecular weight is 433 g/mol. The van der Waals surface area contributed by atoms with Crippen molar-refractivity contribution >= 4 is 52.3 Å². The van der Waals surface area contributed by atoms with Gasteiger partial charge in [-0.3, -0.25) is 4.90 Å². The number of aromatic hydroxyl groups is 1. The van der Waals surface area contributed by atoms with Crippen molar-refractivity contribution in [2.75, 3.05) is 26.2 Å². The van der Waals surface area contributed by atoms with E-state index < -0.39 is 0 Å². The highest BCUT2D eigenvalue weighted by Crippen LogP contribution is 2.46. The number of nitrogens with zero attached hydrogens (tertiary/aromatic N) is 1. The lowest BCUT2D eigenvalue weighted by Gasteiger charge is -2.43. The second-order valence-corrected chi connectivity index (χ2v) is 7.04. The molecule has 1 aliphatic heterocycles. The van der Waals surface area contributed by atoms with Crippen LogP contribution in [0.2, 0.25) is 5.02 Å². The molecule has 2 aliphatic rings. The first-order chi connectivity index (χ1) is 9.66. The number of phenolic OH excluding ortho intramolecular Hbond substituents is 1. The molecule has 7 heteroatoms. The summed E-state index contributed by atoms with van der Waals surface area (Å²) in [5, 5.41) is 14.5. The molecular weight excluding hydrogens is 410 g/mol.